The minimum atomic E-state index is 0. The first-order valence-corrected chi connectivity index (χ1v) is 9.73. The molecule has 0 atom stereocenters. The van der Waals surface area contributed by atoms with Crippen LogP contribution >= 0.6 is 35.6 Å². The van der Waals surface area contributed by atoms with Crippen LogP contribution in [0, 0.1) is 5.92 Å². The van der Waals surface area contributed by atoms with Crippen LogP contribution in [0.25, 0.3) is 0 Å². The predicted octanol–water partition coefficient (Wildman–Crippen LogP) is 5.02. The van der Waals surface area contributed by atoms with Gasteiger partial charge in [0.2, 0.25) is 5.91 Å². The van der Waals surface area contributed by atoms with Crippen molar-refractivity contribution >= 4 is 58.8 Å². The van der Waals surface area contributed by atoms with Crippen molar-refractivity contribution in [2.45, 2.75) is 32.2 Å². The summed E-state index contributed by atoms with van der Waals surface area (Å²) in [6, 6.07) is 13.0. The number of aliphatic imine (C=N–C) groups is 1. The number of nitrogens with one attached hydrogen (secondary N) is 2. The van der Waals surface area contributed by atoms with Crippen LogP contribution < -0.4 is 21.1 Å². The van der Waals surface area contributed by atoms with E-state index in [1.54, 1.807) is 19.2 Å². The maximum atomic E-state index is 12.3. The van der Waals surface area contributed by atoms with Crippen molar-refractivity contribution in [3.8, 4) is 5.75 Å². The Kier molecular flexibility index (Phi) is 9.03. The van der Waals surface area contributed by atoms with Gasteiger partial charge < -0.3 is 21.1 Å². The summed E-state index contributed by atoms with van der Waals surface area (Å²) in [4.78, 5) is 16.6. The van der Waals surface area contributed by atoms with E-state index in [0.29, 0.717) is 17.3 Å². The highest BCUT2D eigenvalue weighted by Crippen LogP contribution is 2.27. The Hall–Kier alpha value is -2.00. The first kappa shape index (κ1) is 23.3. The van der Waals surface area contributed by atoms with Gasteiger partial charge in [-0.2, -0.15) is 0 Å². The number of hydrogen-bond donors (Lipinski definition) is 3. The fourth-order valence-corrected chi connectivity index (χ4v) is 3.55. The van der Waals surface area contributed by atoms with Crippen LogP contribution in [0.3, 0.4) is 0 Å². The zero-order chi connectivity index (χ0) is 19.9. The van der Waals surface area contributed by atoms with Gasteiger partial charge in [0.05, 0.1) is 18.7 Å². The first-order chi connectivity index (χ1) is 13.5. The average Bonchev–Trinajstić information content (AvgIpc) is 3.22. The van der Waals surface area contributed by atoms with Crippen molar-refractivity contribution in [2.75, 3.05) is 17.7 Å². The molecule has 2 aromatic carbocycles. The van der Waals surface area contributed by atoms with Crippen LogP contribution in [-0.2, 0) is 11.3 Å². The van der Waals surface area contributed by atoms with Crippen LogP contribution in [-0.4, -0.2) is 19.0 Å². The van der Waals surface area contributed by atoms with Crippen molar-refractivity contribution in [2.24, 2.45) is 16.6 Å². The molecule has 6 nitrogen and oxygen atoms in total. The second kappa shape index (κ2) is 11.3. The summed E-state index contributed by atoms with van der Waals surface area (Å²) < 4.78 is 5.13. The molecule has 0 bridgehead atoms. The molecule has 3 rings (SSSR count). The molecule has 4 N–H and O–H groups in total. The summed E-state index contributed by atoms with van der Waals surface area (Å²) in [7, 11) is 1.56. The smallest absolute Gasteiger partial charge is 0.227 e. The van der Waals surface area contributed by atoms with Crippen LogP contribution in [0.2, 0.25) is 5.02 Å². The number of hydrogen-bond acceptors (Lipinski definition) is 3. The zero-order valence-corrected chi connectivity index (χ0v) is 19.4. The Labute approximate surface area is 193 Å². The van der Waals surface area contributed by atoms with Gasteiger partial charge in [0.1, 0.15) is 5.75 Å². The largest absolute Gasteiger partial charge is 0.495 e. The number of benzene rings is 2. The summed E-state index contributed by atoms with van der Waals surface area (Å²) in [6.07, 6.45) is 4.23. The van der Waals surface area contributed by atoms with Crippen LogP contribution in [0.5, 0.6) is 5.75 Å². The van der Waals surface area contributed by atoms with Crippen molar-refractivity contribution < 1.29 is 9.53 Å². The SMILES string of the molecule is COc1ccc(NC(N)=NCc2cccc(NC(=O)C3CCCC3)c2)cc1Cl.I. The van der Waals surface area contributed by atoms with E-state index in [1.165, 1.54) is 0 Å². The van der Waals surface area contributed by atoms with Gasteiger partial charge in [0.15, 0.2) is 5.96 Å². The number of ether oxygens (including phenoxy) is 1. The Bertz CT molecular complexity index is 870. The molecule has 0 aromatic heterocycles. The monoisotopic (exact) mass is 528 g/mol. The lowest BCUT2D eigenvalue weighted by atomic mass is 10.1. The zero-order valence-electron chi connectivity index (χ0n) is 16.3. The van der Waals surface area contributed by atoms with E-state index < -0.39 is 0 Å². The van der Waals surface area contributed by atoms with Gasteiger partial charge in [-0.25, -0.2) is 4.99 Å². The number of nitrogens with zero attached hydrogens (tertiary/aromatic N) is 1. The van der Waals surface area contributed by atoms with Gasteiger partial charge >= 0.3 is 0 Å². The number of rotatable bonds is 6. The molecule has 0 aliphatic heterocycles. The first-order valence-electron chi connectivity index (χ1n) is 9.35. The molecule has 1 aliphatic rings. The summed E-state index contributed by atoms with van der Waals surface area (Å²) in [5.74, 6) is 1.12. The van der Waals surface area contributed by atoms with Gasteiger partial charge in [-0.3, -0.25) is 4.79 Å². The lowest BCUT2D eigenvalue weighted by Gasteiger charge is -2.11. The molecule has 1 amide bonds. The molecule has 8 heteroatoms. The molecule has 1 aliphatic carbocycles. The van der Waals surface area contributed by atoms with E-state index in [1.807, 2.05) is 30.3 Å². The predicted molar refractivity (Wildman–Crippen MR) is 129 cm³/mol. The Balaban J connectivity index is 0.00000300. The molecular formula is C21H26ClIN4O2. The topological polar surface area (TPSA) is 88.7 Å². The van der Waals surface area contributed by atoms with E-state index in [4.69, 9.17) is 22.1 Å². The second-order valence-corrected chi connectivity index (χ2v) is 7.25. The number of nitrogens with two attached hydrogens (primary N) is 1. The van der Waals surface area contributed by atoms with E-state index in [2.05, 4.69) is 15.6 Å². The third-order valence-corrected chi connectivity index (χ3v) is 5.07. The molecule has 0 spiro atoms. The number of anilines is 2. The normalized spacial score (nSPS) is 14.2. The third kappa shape index (κ3) is 6.78. The van der Waals surface area contributed by atoms with Crippen LogP contribution in [0.1, 0.15) is 31.2 Å². The van der Waals surface area contributed by atoms with Crippen molar-refractivity contribution in [1.82, 2.24) is 0 Å². The van der Waals surface area contributed by atoms with E-state index >= 15 is 0 Å². The van der Waals surface area contributed by atoms with Crippen molar-refractivity contribution in [1.29, 1.82) is 0 Å². The second-order valence-electron chi connectivity index (χ2n) is 6.85. The number of amides is 1. The number of halogens is 2. The van der Waals surface area contributed by atoms with Gasteiger partial charge in [-0.15, -0.1) is 24.0 Å². The summed E-state index contributed by atoms with van der Waals surface area (Å²) in [6.45, 7) is 0.399. The molecule has 1 fully saturated rings. The maximum absolute atomic E-state index is 12.3. The van der Waals surface area contributed by atoms with E-state index in [9.17, 15) is 4.79 Å². The molecule has 0 unspecified atom stereocenters. The minimum absolute atomic E-state index is 0. The van der Waals surface area contributed by atoms with E-state index in [-0.39, 0.29) is 41.8 Å². The molecule has 156 valence electrons. The summed E-state index contributed by atoms with van der Waals surface area (Å²) in [5.41, 5.74) is 8.45. The highest BCUT2D eigenvalue weighted by Gasteiger charge is 2.22. The summed E-state index contributed by atoms with van der Waals surface area (Å²) in [5, 5.41) is 6.51. The van der Waals surface area contributed by atoms with Crippen LogP contribution in [0.15, 0.2) is 47.5 Å². The number of methoxy groups -OCH3 is 1. The third-order valence-electron chi connectivity index (χ3n) is 4.78. The Morgan fingerprint density at radius 2 is 1.90 bits per heavy atom. The quantitative estimate of drug-likeness (QED) is 0.279. The summed E-state index contributed by atoms with van der Waals surface area (Å²) >= 11 is 6.11. The molecule has 0 heterocycles. The lowest BCUT2D eigenvalue weighted by molar-refractivity contribution is -0.119. The van der Waals surface area contributed by atoms with Gasteiger partial charge in [0.25, 0.3) is 0 Å². The van der Waals surface area contributed by atoms with E-state index in [0.717, 1.165) is 42.6 Å². The fourth-order valence-electron chi connectivity index (χ4n) is 3.29. The minimum Gasteiger partial charge on any atom is -0.495 e. The highest BCUT2D eigenvalue weighted by molar-refractivity contribution is 14.0. The molecule has 0 radical (unpaired) electrons. The molecule has 29 heavy (non-hydrogen) atoms. The van der Waals surface area contributed by atoms with Gasteiger partial charge in [-0.1, -0.05) is 36.6 Å². The van der Waals surface area contributed by atoms with Crippen molar-refractivity contribution in [3.05, 3.63) is 53.1 Å². The molecule has 1 saturated carbocycles. The standard InChI is InChI=1S/C21H25ClN4O2.HI/c1-28-19-10-9-17(12-18(19)22)26-21(23)24-13-14-5-4-8-16(11-14)25-20(27)15-6-2-3-7-15;/h4-5,8-12,15H,2-3,6-7,13H2,1H3,(H,25,27)(H3,23,24,26);1H. The van der Waals surface area contributed by atoms with Gasteiger partial charge in [0, 0.05) is 17.3 Å². The van der Waals surface area contributed by atoms with Crippen molar-refractivity contribution in [3.63, 3.8) is 0 Å². The average molecular weight is 529 g/mol. The lowest BCUT2D eigenvalue weighted by Crippen LogP contribution is -2.22. The maximum Gasteiger partial charge on any atom is 0.227 e. The fraction of sp³-hybridized carbons (Fsp3) is 0.333. The Morgan fingerprint density at radius 3 is 2.59 bits per heavy atom. The van der Waals surface area contributed by atoms with Gasteiger partial charge in [-0.05, 0) is 48.7 Å². The number of carbonyl (C=O) groups excluding carboxylic acids is 1. The van der Waals surface area contributed by atoms with Crippen LogP contribution in [0.4, 0.5) is 11.4 Å². The molecule has 0 saturated heterocycles. The number of guanidine groups is 1. The highest BCUT2D eigenvalue weighted by atomic mass is 127. The molecular weight excluding hydrogens is 503 g/mol. The molecule has 2 aromatic rings. The Morgan fingerprint density at radius 1 is 1.17 bits per heavy atom. The number of carbonyl (C=O) groups is 1.